The highest BCUT2D eigenvalue weighted by Gasteiger charge is 2.33. The normalized spacial score (nSPS) is 19.1. The Balaban J connectivity index is 1.51. The molecule has 0 radical (unpaired) electrons. The van der Waals surface area contributed by atoms with Crippen LogP contribution >= 0.6 is 11.6 Å². The van der Waals surface area contributed by atoms with Gasteiger partial charge in [-0.15, -0.1) is 0 Å². The number of hydrogen-bond donors (Lipinski definition) is 1. The number of halogens is 1. The summed E-state index contributed by atoms with van der Waals surface area (Å²) in [6.45, 7) is 21.4. The van der Waals surface area contributed by atoms with Crippen LogP contribution in [0.25, 0.3) is 11.3 Å². The number of fused-ring (bicyclic) bond motifs is 1. The van der Waals surface area contributed by atoms with Crippen molar-refractivity contribution in [3.05, 3.63) is 113 Å². The van der Waals surface area contributed by atoms with Gasteiger partial charge in [-0.1, -0.05) is 75.0 Å². The highest BCUT2D eigenvalue weighted by Crippen LogP contribution is 2.40. The molecular weight excluding hydrogens is 556 g/mol. The van der Waals surface area contributed by atoms with E-state index in [2.05, 4.69) is 61.1 Å². The molecule has 0 spiro atoms. The maximum atomic E-state index is 11.3. The van der Waals surface area contributed by atoms with Crippen molar-refractivity contribution in [1.82, 2.24) is 9.80 Å². The Morgan fingerprint density at radius 1 is 1.12 bits per heavy atom. The van der Waals surface area contributed by atoms with Gasteiger partial charge in [0.1, 0.15) is 24.7 Å². The van der Waals surface area contributed by atoms with Gasteiger partial charge in [-0.3, -0.25) is 0 Å². The fourth-order valence-corrected chi connectivity index (χ4v) is 5.87. The quantitative estimate of drug-likeness (QED) is 0.250. The molecule has 1 saturated heterocycles. The Kier molecular flexibility index (Phi) is 11.9. The smallest absolute Gasteiger partial charge is 0.127 e. The molecule has 0 unspecified atom stereocenters. The number of ether oxygens (including phenoxy) is 2. The maximum absolute atomic E-state index is 11.3. The SMILES string of the molecule is C=C1COc2ccc(C(=C)OCCN(CC)CC)cc2C(=C/CCN2CCC(O)(c3ccc(Cl)cc3)CC2)/C1=C/C=C\C. The first-order valence-electron chi connectivity index (χ1n) is 15.5. The summed E-state index contributed by atoms with van der Waals surface area (Å²) in [5.41, 5.74) is 5.26. The predicted octanol–water partition coefficient (Wildman–Crippen LogP) is 7.88. The Morgan fingerprint density at radius 2 is 1.84 bits per heavy atom. The highest BCUT2D eigenvalue weighted by atomic mass is 35.5. The standard InChI is InChI=1S/C37H47ClN2O3/c1-6-9-11-33-28(4)27-43-36-18-13-30(29(5)42-25-24-39(7-2)8-3)26-35(36)34(33)12-10-21-40-22-19-37(41,20-23-40)31-14-16-32(38)17-15-31/h6,9,11-18,26,41H,4-5,7-8,10,19-25,27H2,1-3H3/b9-6-,33-11+,34-12+. The average Bonchev–Trinajstić information content (AvgIpc) is 3.15. The monoisotopic (exact) mass is 602 g/mol. The van der Waals surface area contributed by atoms with Gasteiger partial charge in [-0.05, 0) is 91.9 Å². The molecule has 2 aliphatic heterocycles. The Labute approximate surface area is 263 Å². The summed E-state index contributed by atoms with van der Waals surface area (Å²) < 4.78 is 12.3. The summed E-state index contributed by atoms with van der Waals surface area (Å²) in [5, 5.41) is 12.0. The van der Waals surface area contributed by atoms with Crippen LogP contribution in [0.2, 0.25) is 5.02 Å². The first-order chi connectivity index (χ1) is 20.8. The Bertz CT molecular complexity index is 1350. The van der Waals surface area contributed by atoms with Gasteiger partial charge in [0.15, 0.2) is 0 Å². The molecule has 0 atom stereocenters. The van der Waals surface area contributed by atoms with Crippen LogP contribution in [0.15, 0.2) is 91.1 Å². The minimum absolute atomic E-state index is 0.434. The van der Waals surface area contributed by atoms with Gasteiger partial charge in [-0.25, -0.2) is 0 Å². The van der Waals surface area contributed by atoms with E-state index in [1.165, 1.54) is 0 Å². The molecule has 0 saturated carbocycles. The number of piperidine rings is 1. The molecule has 2 aliphatic rings. The molecule has 2 aromatic rings. The Morgan fingerprint density at radius 3 is 2.51 bits per heavy atom. The third-order valence-electron chi connectivity index (χ3n) is 8.56. The molecule has 4 rings (SSSR count). The van der Waals surface area contributed by atoms with Gasteiger partial charge in [0.25, 0.3) is 0 Å². The molecular formula is C37H47ClN2O3. The van der Waals surface area contributed by atoms with Crippen LogP contribution in [-0.2, 0) is 10.3 Å². The average molecular weight is 603 g/mol. The fourth-order valence-electron chi connectivity index (χ4n) is 5.75. The van der Waals surface area contributed by atoms with Crippen LogP contribution in [0.1, 0.15) is 56.7 Å². The summed E-state index contributed by atoms with van der Waals surface area (Å²) in [7, 11) is 0. The first kappa shape index (κ1) is 32.8. The highest BCUT2D eigenvalue weighted by molar-refractivity contribution is 6.30. The van der Waals surface area contributed by atoms with Crippen LogP contribution in [0.4, 0.5) is 0 Å². The van der Waals surface area contributed by atoms with E-state index in [1.807, 2.05) is 49.4 Å². The molecule has 1 N–H and O–H groups in total. The summed E-state index contributed by atoms with van der Waals surface area (Å²) in [4.78, 5) is 4.77. The minimum atomic E-state index is -0.802. The molecule has 230 valence electrons. The van der Waals surface area contributed by atoms with Crippen molar-refractivity contribution in [3.63, 3.8) is 0 Å². The molecule has 43 heavy (non-hydrogen) atoms. The summed E-state index contributed by atoms with van der Waals surface area (Å²) >= 11 is 6.07. The zero-order valence-corrected chi connectivity index (χ0v) is 26.8. The number of aliphatic hydroxyl groups is 1. The number of allylic oxidation sites excluding steroid dienone is 4. The topological polar surface area (TPSA) is 45.2 Å². The fraction of sp³-hybridized carbons (Fsp3) is 0.405. The zero-order chi connectivity index (χ0) is 30.8. The van der Waals surface area contributed by atoms with Crippen LogP contribution in [-0.4, -0.2) is 67.4 Å². The number of benzene rings is 2. The van der Waals surface area contributed by atoms with Crippen molar-refractivity contribution < 1.29 is 14.6 Å². The molecule has 0 aromatic heterocycles. The minimum Gasteiger partial charge on any atom is -0.492 e. The zero-order valence-electron chi connectivity index (χ0n) is 26.1. The van der Waals surface area contributed by atoms with Crippen molar-refractivity contribution in [1.29, 1.82) is 0 Å². The van der Waals surface area contributed by atoms with Gasteiger partial charge in [0, 0.05) is 42.3 Å². The number of hydrogen-bond acceptors (Lipinski definition) is 5. The van der Waals surface area contributed by atoms with Crippen LogP contribution in [0.5, 0.6) is 5.75 Å². The van der Waals surface area contributed by atoms with Crippen LogP contribution in [0.3, 0.4) is 0 Å². The number of rotatable bonds is 12. The van der Waals surface area contributed by atoms with Crippen molar-refractivity contribution >= 4 is 22.9 Å². The molecule has 5 nitrogen and oxygen atoms in total. The second-order valence-electron chi connectivity index (χ2n) is 11.3. The molecule has 0 aliphatic carbocycles. The second-order valence-corrected chi connectivity index (χ2v) is 11.7. The van der Waals surface area contributed by atoms with Crippen molar-refractivity contribution in [2.75, 3.05) is 52.5 Å². The lowest BCUT2D eigenvalue weighted by Gasteiger charge is -2.38. The van der Waals surface area contributed by atoms with Crippen molar-refractivity contribution in [2.24, 2.45) is 0 Å². The lowest BCUT2D eigenvalue weighted by molar-refractivity contribution is -0.0254. The lowest BCUT2D eigenvalue weighted by Crippen LogP contribution is -2.42. The third-order valence-corrected chi connectivity index (χ3v) is 8.81. The third kappa shape index (κ3) is 8.51. The van der Waals surface area contributed by atoms with E-state index in [4.69, 9.17) is 21.1 Å². The maximum Gasteiger partial charge on any atom is 0.127 e. The molecule has 0 amide bonds. The van der Waals surface area contributed by atoms with E-state index in [-0.39, 0.29) is 0 Å². The van der Waals surface area contributed by atoms with Crippen molar-refractivity contribution in [2.45, 2.75) is 45.6 Å². The van der Waals surface area contributed by atoms with E-state index in [9.17, 15) is 5.11 Å². The van der Waals surface area contributed by atoms with E-state index < -0.39 is 5.60 Å². The van der Waals surface area contributed by atoms with Crippen LogP contribution in [0, 0.1) is 0 Å². The Hall–Kier alpha value is -3.09. The summed E-state index contributed by atoms with van der Waals surface area (Å²) in [6, 6.07) is 13.8. The molecule has 1 fully saturated rings. The lowest BCUT2D eigenvalue weighted by atomic mass is 9.84. The van der Waals surface area contributed by atoms with Gasteiger partial charge < -0.3 is 24.4 Å². The molecule has 6 heteroatoms. The van der Waals surface area contributed by atoms with Gasteiger partial charge in [0.05, 0.1) is 5.60 Å². The van der Waals surface area contributed by atoms with Gasteiger partial charge in [0.2, 0.25) is 0 Å². The van der Waals surface area contributed by atoms with E-state index in [1.54, 1.807) is 0 Å². The largest absolute Gasteiger partial charge is 0.492 e. The van der Waals surface area contributed by atoms with Crippen LogP contribution < -0.4 is 4.74 Å². The van der Waals surface area contributed by atoms with Crippen molar-refractivity contribution in [3.8, 4) is 5.75 Å². The molecule has 0 bridgehead atoms. The number of nitrogens with zero attached hydrogens (tertiary/aromatic N) is 2. The summed E-state index contributed by atoms with van der Waals surface area (Å²) in [6.07, 6.45) is 10.8. The summed E-state index contributed by atoms with van der Waals surface area (Å²) in [5.74, 6) is 1.50. The predicted molar refractivity (Wildman–Crippen MR) is 180 cm³/mol. The first-order valence-corrected chi connectivity index (χ1v) is 15.9. The van der Waals surface area contributed by atoms with Gasteiger partial charge in [-0.2, -0.15) is 0 Å². The van der Waals surface area contributed by atoms with E-state index >= 15 is 0 Å². The van der Waals surface area contributed by atoms with Gasteiger partial charge >= 0.3 is 0 Å². The molecule has 2 heterocycles. The number of likely N-dealkylation sites (N-methyl/N-ethyl adjacent to an activating group) is 1. The second kappa shape index (κ2) is 15.6. The number of likely N-dealkylation sites (tertiary alicyclic amines) is 1. The van der Waals surface area contributed by atoms with E-state index in [0.29, 0.717) is 36.8 Å². The van der Waals surface area contributed by atoms with E-state index in [0.717, 1.165) is 84.8 Å². The molecule has 2 aromatic carbocycles.